The molecule has 4 N–H and O–H groups in total. The molecule has 0 aliphatic carbocycles. The number of amides is 2. The van der Waals surface area contributed by atoms with E-state index in [9.17, 15) is 9.59 Å². The quantitative estimate of drug-likeness (QED) is 0.576. The number of carbonyl (C=O) groups is 2. The summed E-state index contributed by atoms with van der Waals surface area (Å²) < 4.78 is 0.886. The number of nitrogen functional groups attached to an aromatic ring is 1. The van der Waals surface area contributed by atoms with Gasteiger partial charge in [0.1, 0.15) is 0 Å². The van der Waals surface area contributed by atoms with Crippen LogP contribution in [0.4, 0.5) is 17.1 Å². The largest absolute Gasteiger partial charge is 0.397 e. The molecule has 0 saturated heterocycles. The van der Waals surface area contributed by atoms with E-state index in [1.165, 1.54) is 0 Å². The minimum Gasteiger partial charge on any atom is -0.397 e. The van der Waals surface area contributed by atoms with E-state index in [1.807, 2.05) is 6.92 Å². The summed E-state index contributed by atoms with van der Waals surface area (Å²) in [7, 11) is 0. The number of hydrogen-bond acceptors (Lipinski definition) is 3. The average Bonchev–Trinajstić information content (AvgIpc) is 2.44. The van der Waals surface area contributed by atoms with Gasteiger partial charge in [0.15, 0.2) is 0 Å². The van der Waals surface area contributed by atoms with Crippen LogP contribution in [0.1, 0.15) is 5.56 Å². The summed E-state index contributed by atoms with van der Waals surface area (Å²) in [5, 5.41) is 4.99. The molecule has 2 rings (SSSR count). The molecule has 2 aromatic carbocycles. The highest BCUT2D eigenvalue weighted by Crippen LogP contribution is 2.19. The zero-order valence-electron chi connectivity index (χ0n) is 11.3. The first kappa shape index (κ1) is 15.1. The summed E-state index contributed by atoms with van der Waals surface area (Å²) >= 11 is 3.29. The van der Waals surface area contributed by atoms with Gasteiger partial charge in [-0.3, -0.25) is 9.59 Å². The molecule has 0 radical (unpaired) electrons. The molecule has 6 heteroatoms. The smallest absolute Gasteiger partial charge is 0.314 e. The molecule has 5 nitrogen and oxygen atoms in total. The van der Waals surface area contributed by atoms with Crippen LogP contribution in [-0.4, -0.2) is 11.8 Å². The lowest BCUT2D eigenvalue weighted by atomic mass is 10.2. The van der Waals surface area contributed by atoms with Crippen molar-refractivity contribution in [3.63, 3.8) is 0 Å². The third kappa shape index (κ3) is 4.06. The van der Waals surface area contributed by atoms with Crippen LogP contribution in [0.3, 0.4) is 0 Å². The van der Waals surface area contributed by atoms with Gasteiger partial charge in [-0.15, -0.1) is 0 Å². The van der Waals surface area contributed by atoms with Gasteiger partial charge in [0.05, 0.1) is 11.4 Å². The Bertz CT molecular complexity index is 684. The summed E-state index contributed by atoms with van der Waals surface area (Å²) in [6, 6.07) is 12.1. The molecule has 0 unspecified atom stereocenters. The van der Waals surface area contributed by atoms with Crippen LogP contribution >= 0.6 is 15.9 Å². The molecule has 0 atom stereocenters. The van der Waals surface area contributed by atoms with Gasteiger partial charge in [0.25, 0.3) is 0 Å². The predicted molar refractivity (Wildman–Crippen MR) is 87.0 cm³/mol. The standard InChI is InChI=1S/C15H14BrN3O2/c1-9-2-7-13(12(17)8-9)19-15(21)14(20)18-11-5-3-10(16)4-6-11/h2-8H,17H2,1H3,(H,18,20)(H,19,21). The van der Waals surface area contributed by atoms with E-state index < -0.39 is 11.8 Å². The molecule has 0 saturated carbocycles. The fraction of sp³-hybridized carbons (Fsp3) is 0.0667. The van der Waals surface area contributed by atoms with Gasteiger partial charge in [-0.05, 0) is 48.9 Å². The monoisotopic (exact) mass is 347 g/mol. The Morgan fingerprint density at radius 2 is 1.62 bits per heavy atom. The Labute approximate surface area is 130 Å². The van der Waals surface area contributed by atoms with Crippen molar-refractivity contribution in [2.45, 2.75) is 6.92 Å². The van der Waals surface area contributed by atoms with E-state index >= 15 is 0 Å². The molecule has 0 heterocycles. The first-order valence-corrected chi connectivity index (χ1v) is 6.99. The molecule has 0 spiro atoms. The van der Waals surface area contributed by atoms with Crippen molar-refractivity contribution in [1.29, 1.82) is 0 Å². The molecule has 0 bridgehead atoms. The van der Waals surface area contributed by atoms with E-state index in [-0.39, 0.29) is 0 Å². The number of benzene rings is 2. The summed E-state index contributed by atoms with van der Waals surface area (Å²) in [4.78, 5) is 23.6. The molecule has 2 amide bonds. The van der Waals surface area contributed by atoms with Crippen LogP contribution in [0.5, 0.6) is 0 Å². The highest BCUT2D eigenvalue weighted by Gasteiger charge is 2.15. The molecular formula is C15H14BrN3O2. The van der Waals surface area contributed by atoms with Crippen molar-refractivity contribution in [1.82, 2.24) is 0 Å². The maximum Gasteiger partial charge on any atom is 0.314 e. The molecular weight excluding hydrogens is 334 g/mol. The van der Waals surface area contributed by atoms with Gasteiger partial charge in [0.2, 0.25) is 0 Å². The number of carbonyl (C=O) groups excluding carboxylic acids is 2. The molecule has 2 aromatic rings. The number of aryl methyl sites for hydroxylation is 1. The fourth-order valence-corrected chi connectivity index (χ4v) is 1.96. The molecule has 108 valence electrons. The zero-order valence-corrected chi connectivity index (χ0v) is 12.9. The molecule has 0 aliphatic rings. The van der Waals surface area contributed by atoms with E-state index in [0.717, 1.165) is 10.0 Å². The number of rotatable bonds is 2. The van der Waals surface area contributed by atoms with Crippen molar-refractivity contribution >= 4 is 44.8 Å². The van der Waals surface area contributed by atoms with Gasteiger partial charge in [0, 0.05) is 10.2 Å². The van der Waals surface area contributed by atoms with Gasteiger partial charge >= 0.3 is 11.8 Å². The van der Waals surface area contributed by atoms with E-state index in [1.54, 1.807) is 42.5 Å². The van der Waals surface area contributed by atoms with Gasteiger partial charge in [-0.25, -0.2) is 0 Å². The van der Waals surface area contributed by atoms with Gasteiger partial charge < -0.3 is 16.4 Å². The van der Waals surface area contributed by atoms with Crippen LogP contribution in [-0.2, 0) is 9.59 Å². The molecule has 21 heavy (non-hydrogen) atoms. The second kappa shape index (κ2) is 6.41. The van der Waals surface area contributed by atoms with Gasteiger partial charge in [-0.1, -0.05) is 22.0 Å². The van der Waals surface area contributed by atoms with E-state index in [4.69, 9.17) is 5.73 Å². The second-order valence-electron chi connectivity index (χ2n) is 4.51. The number of anilines is 3. The SMILES string of the molecule is Cc1ccc(NC(=O)C(=O)Nc2ccc(Br)cc2)c(N)c1. The van der Waals surface area contributed by atoms with E-state index in [2.05, 4.69) is 26.6 Å². The summed E-state index contributed by atoms with van der Waals surface area (Å²) in [6.45, 7) is 1.89. The number of nitrogens with two attached hydrogens (primary N) is 1. The highest BCUT2D eigenvalue weighted by atomic mass is 79.9. The maximum absolute atomic E-state index is 11.8. The Morgan fingerprint density at radius 1 is 1.00 bits per heavy atom. The van der Waals surface area contributed by atoms with Crippen LogP contribution in [0.15, 0.2) is 46.9 Å². The number of halogens is 1. The minimum absolute atomic E-state index is 0.413. The summed E-state index contributed by atoms with van der Waals surface area (Å²) in [5.74, 6) is -1.52. The van der Waals surface area contributed by atoms with Crippen LogP contribution < -0.4 is 16.4 Å². The lowest BCUT2D eigenvalue weighted by Gasteiger charge is -2.09. The zero-order chi connectivity index (χ0) is 15.4. The maximum atomic E-state index is 11.8. The lowest BCUT2D eigenvalue weighted by Crippen LogP contribution is -2.29. The molecule has 0 aromatic heterocycles. The fourth-order valence-electron chi connectivity index (χ4n) is 1.70. The Kier molecular flexibility index (Phi) is 4.59. The second-order valence-corrected chi connectivity index (χ2v) is 5.42. The van der Waals surface area contributed by atoms with Gasteiger partial charge in [-0.2, -0.15) is 0 Å². The van der Waals surface area contributed by atoms with Crippen molar-refractivity contribution in [2.75, 3.05) is 16.4 Å². The first-order valence-electron chi connectivity index (χ1n) is 6.20. The third-order valence-electron chi connectivity index (χ3n) is 2.76. The first-order chi connectivity index (χ1) is 9.95. The molecule has 0 aliphatic heterocycles. The number of nitrogens with one attached hydrogen (secondary N) is 2. The third-order valence-corrected chi connectivity index (χ3v) is 3.29. The average molecular weight is 348 g/mol. The summed E-state index contributed by atoms with van der Waals surface area (Å²) in [5.41, 5.74) is 8.13. The van der Waals surface area contributed by atoms with Crippen molar-refractivity contribution < 1.29 is 9.59 Å². The van der Waals surface area contributed by atoms with Crippen molar-refractivity contribution in [3.05, 3.63) is 52.5 Å². The van der Waals surface area contributed by atoms with E-state index in [0.29, 0.717) is 17.1 Å². The number of hydrogen-bond donors (Lipinski definition) is 3. The lowest BCUT2D eigenvalue weighted by molar-refractivity contribution is -0.132. The predicted octanol–water partition coefficient (Wildman–Crippen LogP) is 2.92. The molecule has 0 fully saturated rings. The summed E-state index contributed by atoms with van der Waals surface area (Å²) in [6.07, 6.45) is 0. The topological polar surface area (TPSA) is 84.2 Å². The van der Waals surface area contributed by atoms with Crippen molar-refractivity contribution in [3.8, 4) is 0 Å². The van der Waals surface area contributed by atoms with Crippen LogP contribution in [0, 0.1) is 6.92 Å². The Balaban J connectivity index is 2.02. The minimum atomic E-state index is -0.770. The van der Waals surface area contributed by atoms with Crippen LogP contribution in [0.2, 0.25) is 0 Å². The Morgan fingerprint density at radius 3 is 2.24 bits per heavy atom. The highest BCUT2D eigenvalue weighted by molar-refractivity contribution is 9.10. The Hall–Kier alpha value is -2.34. The normalized spacial score (nSPS) is 10.0. The van der Waals surface area contributed by atoms with Crippen LogP contribution in [0.25, 0.3) is 0 Å². The van der Waals surface area contributed by atoms with Crippen molar-refractivity contribution in [2.24, 2.45) is 0 Å².